The maximum Gasteiger partial charge on any atom is 0.116 e. The highest BCUT2D eigenvalue weighted by atomic mass is 15.1. The molecule has 0 spiro atoms. The van der Waals surface area contributed by atoms with E-state index in [1.807, 2.05) is 20.8 Å². The van der Waals surface area contributed by atoms with Crippen molar-refractivity contribution >= 4 is 11.4 Å². The standard InChI is InChI=1S/C16H25N5/c1-12(17-7-10-21-8-5-6-9-21)13(2)20-16-14(3)18-11-19-15(16)4/h11,17H,1,5-10H2,2-4H3/b20-13+. The van der Waals surface area contributed by atoms with Crippen LogP contribution in [0.15, 0.2) is 23.6 Å². The van der Waals surface area contributed by atoms with Gasteiger partial charge in [0.15, 0.2) is 0 Å². The van der Waals surface area contributed by atoms with Gasteiger partial charge in [0.05, 0.1) is 17.1 Å². The van der Waals surface area contributed by atoms with E-state index in [0.29, 0.717) is 0 Å². The molecule has 21 heavy (non-hydrogen) atoms. The van der Waals surface area contributed by atoms with Crippen LogP contribution in [0.3, 0.4) is 0 Å². The number of aryl methyl sites for hydroxylation is 2. The highest BCUT2D eigenvalue weighted by Gasteiger charge is 2.11. The number of nitrogens with zero attached hydrogens (tertiary/aromatic N) is 4. The number of hydrogen-bond acceptors (Lipinski definition) is 5. The summed E-state index contributed by atoms with van der Waals surface area (Å²) in [5, 5.41) is 3.36. The van der Waals surface area contributed by atoms with Crippen molar-refractivity contribution in [1.29, 1.82) is 0 Å². The van der Waals surface area contributed by atoms with Gasteiger partial charge in [0.25, 0.3) is 0 Å². The lowest BCUT2D eigenvalue weighted by atomic mass is 10.2. The van der Waals surface area contributed by atoms with E-state index in [9.17, 15) is 0 Å². The van der Waals surface area contributed by atoms with E-state index < -0.39 is 0 Å². The fraction of sp³-hybridized carbons (Fsp3) is 0.562. The van der Waals surface area contributed by atoms with Crippen LogP contribution in [-0.4, -0.2) is 46.8 Å². The molecule has 0 aromatic carbocycles. The summed E-state index contributed by atoms with van der Waals surface area (Å²) in [6, 6.07) is 0. The van der Waals surface area contributed by atoms with E-state index in [-0.39, 0.29) is 0 Å². The molecule has 0 radical (unpaired) electrons. The number of hydrogen-bond donors (Lipinski definition) is 1. The topological polar surface area (TPSA) is 53.4 Å². The number of aromatic nitrogens is 2. The normalized spacial score (nSPS) is 16.2. The molecule has 2 rings (SSSR count). The molecule has 0 saturated carbocycles. The number of allylic oxidation sites excluding steroid dienone is 1. The van der Waals surface area contributed by atoms with Gasteiger partial charge in [-0.05, 0) is 46.7 Å². The molecule has 1 aliphatic rings. The smallest absolute Gasteiger partial charge is 0.116 e. The van der Waals surface area contributed by atoms with Gasteiger partial charge in [-0.2, -0.15) is 0 Å². The minimum absolute atomic E-state index is 0.845. The van der Waals surface area contributed by atoms with E-state index in [1.54, 1.807) is 6.33 Å². The van der Waals surface area contributed by atoms with Gasteiger partial charge in [0, 0.05) is 18.8 Å². The van der Waals surface area contributed by atoms with Crippen molar-refractivity contribution in [3.8, 4) is 0 Å². The molecule has 1 aromatic rings. The molecular formula is C16H25N5. The second-order valence-corrected chi connectivity index (χ2v) is 5.54. The monoisotopic (exact) mass is 287 g/mol. The second kappa shape index (κ2) is 7.31. The molecule has 0 atom stereocenters. The Bertz CT molecular complexity index is 509. The van der Waals surface area contributed by atoms with Gasteiger partial charge < -0.3 is 10.2 Å². The summed E-state index contributed by atoms with van der Waals surface area (Å²) in [7, 11) is 0. The average Bonchev–Trinajstić information content (AvgIpc) is 2.96. The highest BCUT2D eigenvalue weighted by molar-refractivity contribution is 5.98. The molecule has 0 bridgehead atoms. The summed E-state index contributed by atoms with van der Waals surface area (Å²) in [5.41, 5.74) is 4.39. The Balaban J connectivity index is 1.90. The highest BCUT2D eigenvalue weighted by Crippen LogP contribution is 2.19. The van der Waals surface area contributed by atoms with Crippen LogP contribution in [0.4, 0.5) is 5.69 Å². The molecular weight excluding hydrogens is 262 g/mol. The summed E-state index contributed by atoms with van der Waals surface area (Å²) in [6.07, 6.45) is 4.23. The molecule has 0 unspecified atom stereocenters. The molecule has 114 valence electrons. The fourth-order valence-corrected chi connectivity index (χ4v) is 2.48. The quantitative estimate of drug-likeness (QED) is 0.816. The van der Waals surface area contributed by atoms with Crippen LogP contribution in [0.25, 0.3) is 0 Å². The molecule has 1 fully saturated rings. The van der Waals surface area contributed by atoms with Crippen LogP contribution in [0.1, 0.15) is 31.2 Å². The molecule has 0 amide bonds. The van der Waals surface area contributed by atoms with E-state index in [2.05, 4.69) is 31.8 Å². The Morgan fingerprint density at radius 3 is 2.52 bits per heavy atom. The minimum atomic E-state index is 0.845. The van der Waals surface area contributed by atoms with Crippen LogP contribution < -0.4 is 5.32 Å². The first kappa shape index (κ1) is 15.6. The van der Waals surface area contributed by atoms with Gasteiger partial charge in [0.1, 0.15) is 12.0 Å². The predicted octanol–water partition coefficient (Wildman–Crippen LogP) is 2.38. The summed E-state index contributed by atoms with van der Waals surface area (Å²) in [4.78, 5) is 15.5. The average molecular weight is 287 g/mol. The first-order chi connectivity index (χ1) is 10.1. The zero-order chi connectivity index (χ0) is 15.2. The first-order valence-electron chi connectivity index (χ1n) is 7.57. The maximum atomic E-state index is 4.62. The summed E-state index contributed by atoms with van der Waals surface area (Å²) in [6.45, 7) is 14.4. The van der Waals surface area contributed by atoms with Crippen molar-refractivity contribution in [2.75, 3.05) is 26.2 Å². The lowest BCUT2D eigenvalue weighted by Crippen LogP contribution is -2.30. The second-order valence-electron chi connectivity index (χ2n) is 5.54. The lowest BCUT2D eigenvalue weighted by molar-refractivity contribution is 0.341. The van der Waals surface area contributed by atoms with Gasteiger partial charge in [-0.25, -0.2) is 15.0 Å². The van der Waals surface area contributed by atoms with E-state index >= 15 is 0 Å². The van der Waals surface area contributed by atoms with Crippen LogP contribution in [0.2, 0.25) is 0 Å². The van der Waals surface area contributed by atoms with Gasteiger partial charge >= 0.3 is 0 Å². The Kier molecular flexibility index (Phi) is 5.44. The van der Waals surface area contributed by atoms with E-state index in [1.165, 1.54) is 25.9 Å². The number of rotatable bonds is 6. The summed E-state index contributed by atoms with van der Waals surface area (Å²) in [5.74, 6) is 0. The number of aliphatic imine (C=N–C) groups is 1. The summed E-state index contributed by atoms with van der Waals surface area (Å²) >= 11 is 0. The molecule has 5 heteroatoms. The molecule has 1 saturated heterocycles. The molecule has 0 aliphatic carbocycles. The Labute approximate surface area is 127 Å². The van der Waals surface area contributed by atoms with Crippen LogP contribution in [0, 0.1) is 13.8 Å². The molecule has 1 aromatic heterocycles. The molecule has 5 nitrogen and oxygen atoms in total. The largest absolute Gasteiger partial charge is 0.383 e. The van der Waals surface area contributed by atoms with Crippen LogP contribution in [-0.2, 0) is 0 Å². The zero-order valence-electron chi connectivity index (χ0n) is 13.3. The van der Waals surface area contributed by atoms with Crippen molar-refractivity contribution < 1.29 is 0 Å². The molecule has 2 heterocycles. The van der Waals surface area contributed by atoms with Crippen LogP contribution in [0.5, 0.6) is 0 Å². The van der Waals surface area contributed by atoms with Crippen molar-refractivity contribution in [3.05, 3.63) is 30.0 Å². The zero-order valence-corrected chi connectivity index (χ0v) is 13.3. The van der Waals surface area contributed by atoms with E-state index in [4.69, 9.17) is 0 Å². The van der Waals surface area contributed by atoms with Crippen molar-refractivity contribution in [2.45, 2.75) is 33.6 Å². The third-order valence-electron chi connectivity index (χ3n) is 3.87. The van der Waals surface area contributed by atoms with Crippen molar-refractivity contribution in [3.63, 3.8) is 0 Å². The first-order valence-corrected chi connectivity index (χ1v) is 7.57. The Morgan fingerprint density at radius 2 is 1.90 bits per heavy atom. The van der Waals surface area contributed by atoms with Crippen LogP contribution >= 0.6 is 0 Å². The van der Waals surface area contributed by atoms with Gasteiger partial charge in [0.2, 0.25) is 0 Å². The van der Waals surface area contributed by atoms with Gasteiger partial charge in [-0.3, -0.25) is 0 Å². The van der Waals surface area contributed by atoms with Crippen molar-refractivity contribution in [2.24, 2.45) is 4.99 Å². The SMILES string of the molecule is C=C(NCCN1CCCC1)/C(C)=N/c1c(C)ncnc1C. The predicted molar refractivity (Wildman–Crippen MR) is 87.1 cm³/mol. The number of nitrogens with one attached hydrogen (secondary N) is 1. The maximum absolute atomic E-state index is 4.62. The van der Waals surface area contributed by atoms with Gasteiger partial charge in [-0.1, -0.05) is 6.58 Å². The Morgan fingerprint density at radius 1 is 1.29 bits per heavy atom. The minimum Gasteiger partial charge on any atom is -0.383 e. The number of likely N-dealkylation sites (tertiary alicyclic amines) is 1. The van der Waals surface area contributed by atoms with Crippen molar-refractivity contribution in [1.82, 2.24) is 20.2 Å². The van der Waals surface area contributed by atoms with Gasteiger partial charge in [-0.15, -0.1) is 0 Å². The van der Waals surface area contributed by atoms with E-state index in [0.717, 1.165) is 41.6 Å². The molecule has 1 aliphatic heterocycles. The fourth-order valence-electron chi connectivity index (χ4n) is 2.48. The third kappa shape index (κ3) is 4.36. The Hall–Kier alpha value is -1.75. The summed E-state index contributed by atoms with van der Waals surface area (Å²) < 4.78 is 0. The molecule has 1 N–H and O–H groups in total. The lowest BCUT2D eigenvalue weighted by Gasteiger charge is -2.16. The third-order valence-corrected chi connectivity index (χ3v) is 3.87.